The highest BCUT2D eigenvalue weighted by atomic mass is 32.2. The van der Waals surface area contributed by atoms with E-state index in [4.69, 9.17) is 4.74 Å². The van der Waals surface area contributed by atoms with E-state index in [1.54, 1.807) is 28.8 Å². The molecule has 1 aromatic carbocycles. The van der Waals surface area contributed by atoms with Crippen molar-refractivity contribution in [2.24, 2.45) is 0 Å². The lowest BCUT2D eigenvalue weighted by Crippen LogP contribution is -2.35. The van der Waals surface area contributed by atoms with E-state index in [1.165, 1.54) is 18.4 Å². The number of nitriles is 1. The molecule has 0 spiro atoms. The summed E-state index contributed by atoms with van der Waals surface area (Å²) < 4.78 is 4.76. The van der Waals surface area contributed by atoms with Crippen LogP contribution in [0.4, 0.5) is 9.80 Å². The Morgan fingerprint density at radius 2 is 2.08 bits per heavy atom. The van der Waals surface area contributed by atoms with Crippen molar-refractivity contribution in [2.45, 2.75) is 17.9 Å². The molecule has 8 heteroatoms. The molecule has 0 unspecified atom stereocenters. The Morgan fingerprint density at radius 3 is 2.69 bits per heavy atom. The van der Waals surface area contributed by atoms with Gasteiger partial charge in [0.25, 0.3) is 5.91 Å². The van der Waals surface area contributed by atoms with Crippen LogP contribution in [0.3, 0.4) is 0 Å². The van der Waals surface area contributed by atoms with Crippen molar-refractivity contribution < 1.29 is 14.3 Å². The van der Waals surface area contributed by atoms with Crippen molar-refractivity contribution in [1.82, 2.24) is 4.90 Å². The standard InChI is InChI=1S/C18H17N3O3S2/c1-24-18(23)21-8-7-13-14(9-19)17(26-15(13)10-21)20-16(22)11-3-5-12(25-2)6-4-11/h3-6H,7-8,10H2,1-2H3,(H,20,22). The normalized spacial score (nSPS) is 12.9. The van der Waals surface area contributed by atoms with Gasteiger partial charge in [-0.25, -0.2) is 4.79 Å². The van der Waals surface area contributed by atoms with Gasteiger partial charge in [0.2, 0.25) is 0 Å². The summed E-state index contributed by atoms with van der Waals surface area (Å²) >= 11 is 2.95. The first-order valence-electron chi connectivity index (χ1n) is 7.90. The van der Waals surface area contributed by atoms with E-state index in [0.29, 0.717) is 35.6 Å². The molecule has 6 nitrogen and oxygen atoms in total. The minimum atomic E-state index is -0.387. The molecule has 0 radical (unpaired) electrons. The van der Waals surface area contributed by atoms with Gasteiger partial charge in [-0.3, -0.25) is 4.79 Å². The highest BCUT2D eigenvalue weighted by Crippen LogP contribution is 2.37. The van der Waals surface area contributed by atoms with Crippen molar-refractivity contribution in [1.29, 1.82) is 5.26 Å². The van der Waals surface area contributed by atoms with Crippen LogP contribution in [0.25, 0.3) is 0 Å². The number of fused-ring (bicyclic) bond motifs is 1. The van der Waals surface area contributed by atoms with E-state index in [0.717, 1.165) is 15.3 Å². The summed E-state index contributed by atoms with van der Waals surface area (Å²) in [6.07, 6.45) is 2.16. The summed E-state index contributed by atoms with van der Waals surface area (Å²) in [7, 11) is 1.35. The SMILES string of the molecule is COC(=O)N1CCc2c(sc(NC(=O)c3ccc(SC)cc3)c2C#N)C1. The fourth-order valence-corrected chi connectivity index (χ4v) is 4.43. The number of methoxy groups -OCH3 is 1. The minimum Gasteiger partial charge on any atom is -0.453 e. The van der Waals surface area contributed by atoms with Gasteiger partial charge in [-0.1, -0.05) is 0 Å². The third-order valence-electron chi connectivity index (χ3n) is 4.18. The van der Waals surface area contributed by atoms with Crippen LogP contribution in [-0.4, -0.2) is 36.8 Å². The maximum absolute atomic E-state index is 12.5. The zero-order chi connectivity index (χ0) is 18.7. The number of amides is 2. The average molecular weight is 387 g/mol. The molecule has 0 saturated heterocycles. The topological polar surface area (TPSA) is 82.4 Å². The zero-order valence-electron chi connectivity index (χ0n) is 14.4. The molecule has 134 valence electrons. The second-order valence-corrected chi connectivity index (χ2v) is 7.63. The summed E-state index contributed by atoms with van der Waals surface area (Å²) in [4.78, 5) is 27.8. The molecule has 1 N–H and O–H groups in total. The Bertz CT molecular complexity index is 884. The van der Waals surface area contributed by atoms with E-state index in [2.05, 4.69) is 11.4 Å². The lowest BCUT2D eigenvalue weighted by molar-refractivity contribution is 0.102. The number of nitrogens with zero attached hydrogens (tertiary/aromatic N) is 2. The molecule has 2 aromatic rings. The molecule has 1 aliphatic rings. The first-order chi connectivity index (χ1) is 12.6. The van der Waals surface area contributed by atoms with Crippen LogP contribution in [0, 0.1) is 11.3 Å². The Morgan fingerprint density at radius 1 is 1.35 bits per heavy atom. The fourth-order valence-electron chi connectivity index (χ4n) is 2.81. The van der Waals surface area contributed by atoms with Crippen molar-refractivity contribution >= 4 is 40.1 Å². The van der Waals surface area contributed by atoms with Gasteiger partial charge in [-0.05, 0) is 42.5 Å². The molecule has 0 aliphatic carbocycles. The number of hydrogen-bond acceptors (Lipinski definition) is 6. The number of nitrogens with one attached hydrogen (secondary N) is 1. The smallest absolute Gasteiger partial charge is 0.409 e. The number of hydrogen-bond donors (Lipinski definition) is 1. The van der Waals surface area contributed by atoms with E-state index < -0.39 is 0 Å². The number of anilines is 1. The molecule has 0 atom stereocenters. The van der Waals surface area contributed by atoms with Crippen LogP contribution in [0.15, 0.2) is 29.2 Å². The molecular weight excluding hydrogens is 370 g/mol. The van der Waals surface area contributed by atoms with Crippen LogP contribution in [-0.2, 0) is 17.7 Å². The Balaban J connectivity index is 1.82. The molecule has 1 aliphatic heterocycles. The average Bonchev–Trinajstić information content (AvgIpc) is 3.03. The number of ether oxygens (including phenoxy) is 1. The highest BCUT2D eigenvalue weighted by Gasteiger charge is 2.28. The Labute approximate surface area is 159 Å². The van der Waals surface area contributed by atoms with Gasteiger partial charge >= 0.3 is 6.09 Å². The predicted octanol–water partition coefficient (Wildman–Crippen LogP) is 3.72. The van der Waals surface area contributed by atoms with Gasteiger partial charge in [0.1, 0.15) is 11.1 Å². The van der Waals surface area contributed by atoms with Crippen molar-refractivity contribution in [2.75, 3.05) is 25.2 Å². The van der Waals surface area contributed by atoms with Gasteiger partial charge in [-0.2, -0.15) is 5.26 Å². The Hall–Kier alpha value is -2.50. The van der Waals surface area contributed by atoms with Crippen molar-refractivity contribution in [3.05, 3.63) is 45.8 Å². The highest BCUT2D eigenvalue weighted by molar-refractivity contribution is 7.98. The largest absolute Gasteiger partial charge is 0.453 e. The molecule has 3 rings (SSSR count). The van der Waals surface area contributed by atoms with Gasteiger partial charge < -0.3 is 15.0 Å². The number of carbonyl (C=O) groups is 2. The molecule has 0 fully saturated rings. The number of rotatable bonds is 3. The zero-order valence-corrected chi connectivity index (χ0v) is 16.0. The van der Waals surface area contributed by atoms with Crippen LogP contribution in [0.5, 0.6) is 0 Å². The predicted molar refractivity (Wildman–Crippen MR) is 102 cm³/mol. The third-order valence-corrected chi connectivity index (χ3v) is 6.06. The van der Waals surface area contributed by atoms with Crippen molar-refractivity contribution in [3.63, 3.8) is 0 Å². The molecule has 1 aromatic heterocycles. The van der Waals surface area contributed by atoms with Crippen LogP contribution in [0.2, 0.25) is 0 Å². The minimum absolute atomic E-state index is 0.252. The van der Waals surface area contributed by atoms with Gasteiger partial charge in [-0.15, -0.1) is 23.1 Å². The summed E-state index contributed by atoms with van der Waals surface area (Å²) in [6, 6.07) is 9.50. The maximum atomic E-state index is 12.5. The third kappa shape index (κ3) is 3.54. The lowest BCUT2D eigenvalue weighted by atomic mass is 10.0. The number of thioether (sulfide) groups is 1. The molecule has 2 heterocycles. The Kier molecular flexibility index (Phi) is 5.49. The van der Waals surface area contributed by atoms with Crippen molar-refractivity contribution in [3.8, 4) is 6.07 Å². The lowest BCUT2D eigenvalue weighted by Gasteiger charge is -2.25. The maximum Gasteiger partial charge on any atom is 0.409 e. The number of thiophene rings is 1. The summed E-state index contributed by atoms with van der Waals surface area (Å²) in [5.41, 5.74) is 1.93. The van der Waals surface area contributed by atoms with Gasteiger partial charge in [0, 0.05) is 21.9 Å². The van der Waals surface area contributed by atoms with Crippen LogP contribution in [0.1, 0.15) is 26.4 Å². The summed E-state index contributed by atoms with van der Waals surface area (Å²) in [5, 5.41) is 12.9. The van der Waals surface area contributed by atoms with E-state index in [-0.39, 0.29) is 12.0 Å². The fraction of sp³-hybridized carbons (Fsp3) is 0.278. The first kappa shape index (κ1) is 18.3. The molecule has 0 bridgehead atoms. The summed E-state index contributed by atoms with van der Waals surface area (Å²) in [6.45, 7) is 0.883. The second kappa shape index (κ2) is 7.81. The van der Waals surface area contributed by atoms with E-state index in [9.17, 15) is 14.9 Å². The van der Waals surface area contributed by atoms with Gasteiger partial charge in [0.15, 0.2) is 0 Å². The van der Waals surface area contributed by atoms with Gasteiger partial charge in [0.05, 0.1) is 19.2 Å². The second-order valence-electron chi connectivity index (χ2n) is 5.64. The van der Waals surface area contributed by atoms with E-state index in [1.807, 2.05) is 18.4 Å². The quantitative estimate of drug-likeness (QED) is 0.812. The molecule has 0 saturated carbocycles. The first-order valence-corrected chi connectivity index (χ1v) is 9.94. The van der Waals surface area contributed by atoms with Crippen LogP contribution >= 0.6 is 23.1 Å². The summed E-state index contributed by atoms with van der Waals surface area (Å²) in [5.74, 6) is -0.252. The molecular formula is C18H17N3O3S2. The van der Waals surface area contributed by atoms with E-state index >= 15 is 0 Å². The molecule has 26 heavy (non-hydrogen) atoms. The number of benzene rings is 1. The molecule has 2 amide bonds. The number of carbonyl (C=O) groups excluding carboxylic acids is 2. The monoisotopic (exact) mass is 387 g/mol. The van der Waals surface area contributed by atoms with Crippen LogP contribution < -0.4 is 5.32 Å².